The van der Waals surface area contributed by atoms with E-state index in [2.05, 4.69) is 75.4 Å². The van der Waals surface area contributed by atoms with Crippen LogP contribution in [0.3, 0.4) is 0 Å². The summed E-state index contributed by atoms with van der Waals surface area (Å²) in [5, 5.41) is 0. The quantitative estimate of drug-likeness (QED) is 0.571. The Morgan fingerprint density at radius 3 is 1.92 bits per heavy atom. The second-order valence-corrected chi connectivity index (χ2v) is 9.19. The lowest BCUT2D eigenvalue weighted by Gasteiger charge is -2.50. The van der Waals surface area contributed by atoms with Gasteiger partial charge < -0.3 is 0 Å². The van der Waals surface area contributed by atoms with Crippen molar-refractivity contribution in [2.45, 2.75) is 64.2 Å². The van der Waals surface area contributed by atoms with Gasteiger partial charge in [-0.1, -0.05) is 75.4 Å². The Morgan fingerprint density at radius 1 is 0.760 bits per heavy atom. The zero-order chi connectivity index (χ0) is 17.4. The van der Waals surface area contributed by atoms with Crippen LogP contribution in [0.15, 0.2) is 54.6 Å². The number of benzene rings is 2. The summed E-state index contributed by atoms with van der Waals surface area (Å²) < 4.78 is 0. The highest BCUT2D eigenvalue weighted by Crippen LogP contribution is 2.54. The molecule has 2 saturated carbocycles. The van der Waals surface area contributed by atoms with Crippen LogP contribution in [0.5, 0.6) is 0 Å². The standard InChI is InChI=1S/C25H32/c1-18-13-21-14-19(2)16-25(15-18,17-21)24-11-9-23(10-12-24)20(3)22-7-5-4-6-8-22/h4-12,18-21H,13-17H2,1-3H3. The molecule has 0 heterocycles. The van der Waals surface area contributed by atoms with Crippen LogP contribution in [-0.4, -0.2) is 0 Å². The third kappa shape index (κ3) is 3.28. The largest absolute Gasteiger partial charge is 0.0625 e. The highest BCUT2D eigenvalue weighted by molar-refractivity contribution is 5.36. The molecule has 0 N–H and O–H groups in total. The van der Waals surface area contributed by atoms with Crippen molar-refractivity contribution in [3.05, 3.63) is 71.3 Å². The second-order valence-electron chi connectivity index (χ2n) is 9.19. The molecular formula is C25H32. The maximum atomic E-state index is 2.47. The molecule has 2 aliphatic rings. The molecule has 0 nitrogen and oxygen atoms in total. The number of rotatable bonds is 3. The Labute approximate surface area is 153 Å². The van der Waals surface area contributed by atoms with E-state index < -0.39 is 0 Å². The van der Waals surface area contributed by atoms with Gasteiger partial charge in [-0.3, -0.25) is 0 Å². The lowest BCUT2D eigenvalue weighted by atomic mass is 9.54. The van der Waals surface area contributed by atoms with Crippen LogP contribution in [0.25, 0.3) is 0 Å². The van der Waals surface area contributed by atoms with Crippen LogP contribution in [0.4, 0.5) is 0 Å². The number of hydrogen-bond donors (Lipinski definition) is 0. The first-order valence-electron chi connectivity index (χ1n) is 10.2. The van der Waals surface area contributed by atoms with Crippen LogP contribution in [-0.2, 0) is 5.41 Å². The number of fused-ring (bicyclic) bond motifs is 2. The van der Waals surface area contributed by atoms with Gasteiger partial charge in [-0.15, -0.1) is 0 Å². The van der Waals surface area contributed by atoms with Crippen LogP contribution < -0.4 is 0 Å². The average Bonchev–Trinajstić information content (AvgIpc) is 2.61. The molecule has 2 bridgehead atoms. The van der Waals surface area contributed by atoms with Crippen molar-refractivity contribution in [2.75, 3.05) is 0 Å². The molecule has 0 aliphatic heterocycles. The third-order valence-electron chi connectivity index (χ3n) is 6.95. The number of hydrogen-bond acceptors (Lipinski definition) is 0. The van der Waals surface area contributed by atoms with Crippen LogP contribution in [0, 0.1) is 17.8 Å². The summed E-state index contributed by atoms with van der Waals surface area (Å²) in [6.45, 7) is 7.27. The minimum absolute atomic E-state index is 0.453. The van der Waals surface area contributed by atoms with Crippen LogP contribution in [0.1, 0.15) is 75.5 Å². The van der Waals surface area contributed by atoms with Crippen LogP contribution in [0.2, 0.25) is 0 Å². The summed E-state index contributed by atoms with van der Waals surface area (Å²) in [6.07, 6.45) is 7.11. The molecule has 4 rings (SSSR count). The Bertz CT molecular complexity index is 677. The molecule has 2 aromatic rings. The van der Waals surface area contributed by atoms with Gasteiger partial charge >= 0.3 is 0 Å². The lowest BCUT2D eigenvalue weighted by Crippen LogP contribution is -2.42. The molecule has 2 aromatic carbocycles. The molecule has 3 atom stereocenters. The van der Waals surface area contributed by atoms with Gasteiger partial charge in [0.25, 0.3) is 0 Å². The van der Waals surface area contributed by atoms with Crippen molar-refractivity contribution in [1.29, 1.82) is 0 Å². The first kappa shape index (κ1) is 16.9. The molecular weight excluding hydrogens is 300 g/mol. The predicted molar refractivity (Wildman–Crippen MR) is 107 cm³/mol. The molecule has 0 saturated heterocycles. The Kier molecular flexibility index (Phi) is 4.48. The molecule has 3 unspecified atom stereocenters. The fraction of sp³-hybridized carbons (Fsp3) is 0.520. The van der Waals surface area contributed by atoms with Crippen molar-refractivity contribution in [2.24, 2.45) is 17.8 Å². The van der Waals surface area contributed by atoms with Crippen LogP contribution >= 0.6 is 0 Å². The fourth-order valence-corrected chi connectivity index (χ4v) is 6.12. The Morgan fingerprint density at radius 2 is 1.32 bits per heavy atom. The highest BCUT2D eigenvalue weighted by atomic mass is 14.5. The summed E-state index contributed by atoms with van der Waals surface area (Å²) >= 11 is 0. The van der Waals surface area contributed by atoms with Crippen molar-refractivity contribution in [3.63, 3.8) is 0 Å². The van der Waals surface area contributed by atoms with Gasteiger partial charge in [0.05, 0.1) is 0 Å². The maximum Gasteiger partial charge on any atom is 0.00610 e. The summed E-state index contributed by atoms with van der Waals surface area (Å²) in [4.78, 5) is 0. The molecule has 2 fully saturated rings. The van der Waals surface area contributed by atoms with Gasteiger partial charge in [-0.05, 0) is 72.0 Å². The molecule has 25 heavy (non-hydrogen) atoms. The van der Waals surface area contributed by atoms with Crippen molar-refractivity contribution >= 4 is 0 Å². The van der Waals surface area contributed by atoms with E-state index >= 15 is 0 Å². The molecule has 0 aromatic heterocycles. The summed E-state index contributed by atoms with van der Waals surface area (Å²) in [5.74, 6) is 3.19. The molecule has 0 radical (unpaired) electrons. The first-order chi connectivity index (χ1) is 12.1. The highest BCUT2D eigenvalue weighted by Gasteiger charge is 2.45. The smallest absolute Gasteiger partial charge is 0.00610 e. The molecule has 0 heteroatoms. The normalized spacial score (nSPS) is 33.0. The average molecular weight is 333 g/mol. The van der Waals surface area contributed by atoms with Gasteiger partial charge in [0.15, 0.2) is 0 Å². The summed E-state index contributed by atoms with van der Waals surface area (Å²) in [5.41, 5.74) is 4.91. The van der Waals surface area contributed by atoms with E-state index in [-0.39, 0.29) is 0 Å². The predicted octanol–water partition coefficient (Wildman–Crippen LogP) is 6.94. The monoisotopic (exact) mass is 332 g/mol. The fourth-order valence-electron chi connectivity index (χ4n) is 6.12. The minimum atomic E-state index is 0.453. The zero-order valence-electron chi connectivity index (χ0n) is 16.0. The molecule has 0 amide bonds. The second kappa shape index (κ2) is 6.63. The van der Waals surface area contributed by atoms with Crippen molar-refractivity contribution in [3.8, 4) is 0 Å². The molecule has 2 aliphatic carbocycles. The SMILES string of the molecule is CC1CC2CC(C)CC(c3ccc(C(C)c4ccccc4)cc3)(C1)C2. The Balaban J connectivity index is 1.61. The maximum absolute atomic E-state index is 2.47. The van der Waals surface area contributed by atoms with Crippen molar-refractivity contribution < 1.29 is 0 Å². The molecule has 0 spiro atoms. The first-order valence-corrected chi connectivity index (χ1v) is 10.2. The third-order valence-corrected chi connectivity index (χ3v) is 6.95. The van der Waals surface area contributed by atoms with Gasteiger partial charge in [-0.2, -0.15) is 0 Å². The van der Waals surface area contributed by atoms with E-state index in [0.29, 0.717) is 11.3 Å². The Hall–Kier alpha value is -1.56. The topological polar surface area (TPSA) is 0 Å². The van der Waals surface area contributed by atoms with Gasteiger partial charge in [0.1, 0.15) is 0 Å². The van der Waals surface area contributed by atoms with Crippen molar-refractivity contribution in [1.82, 2.24) is 0 Å². The van der Waals surface area contributed by atoms with Gasteiger partial charge in [0, 0.05) is 5.92 Å². The van der Waals surface area contributed by atoms with E-state index in [0.717, 1.165) is 17.8 Å². The van der Waals surface area contributed by atoms with Gasteiger partial charge in [-0.25, -0.2) is 0 Å². The zero-order valence-corrected chi connectivity index (χ0v) is 16.0. The van der Waals surface area contributed by atoms with E-state index in [1.165, 1.54) is 43.2 Å². The minimum Gasteiger partial charge on any atom is -0.0625 e. The summed E-state index contributed by atoms with van der Waals surface area (Å²) in [7, 11) is 0. The summed E-state index contributed by atoms with van der Waals surface area (Å²) in [6, 6.07) is 20.6. The molecule has 132 valence electrons. The van der Waals surface area contributed by atoms with E-state index in [4.69, 9.17) is 0 Å². The van der Waals surface area contributed by atoms with E-state index in [9.17, 15) is 0 Å². The van der Waals surface area contributed by atoms with E-state index in [1.54, 1.807) is 5.56 Å². The van der Waals surface area contributed by atoms with Gasteiger partial charge in [0.2, 0.25) is 0 Å². The lowest BCUT2D eigenvalue weighted by molar-refractivity contribution is 0.0780. The van der Waals surface area contributed by atoms with E-state index in [1.807, 2.05) is 0 Å².